The molecule has 102 valence electrons. The van der Waals surface area contributed by atoms with E-state index in [1.165, 1.54) is 15.9 Å². The summed E-state index contributed by atoms with van der Waals surface area (Å²) < 4.78 is 1.31. The van der Waals surface area contributed by atoms with Gasteiger partial charge in [-0.2, -0.15) is 0 Å². The van der Waals surface area contributed by atoms with E-state index in [1.807, 2.05) is 19.0 Å². The van der Waals surface area contributed by atoms with Crippen LogP contribution in [-0.4, -0.2) is 28.6 Å². The molecule has 0 aliphatic rings. The summed E-state index contributed by atoms with van der Waals surface area (Å²) in [6.07, 6.45) is 0. The molecule has 0 saturated heterocycles. The van der Waals surface area contributed by atoms with E-state index in [1.54, 1.807) is 12.3 Å². The molecule has 8 heteroatoms. The number of rotatable bonds is 3. The highest BCUT2D eigenvalue weighted by atomic mass is 32.1. The summed E-state index contributed by atoms with van der Waals surface area (Å²) in [7, 11) is 3.73. The second-order valence-corrected chi connectivity index (χ2v) is 5.01. The van der Waals surface area contributed by atoms with Crippen molar-refractivity contribution >= 4 is 22.3 Å². The van der Waals surface area contributed by atoms with Gasteiger partial charge in [0.1, 0.15) is 11.4 Å². The van der Waals surface area contributed by atoms with Crippen molar-refractivity contribution in [2.45, 2.75) is 13.5 Å². The predicted molar refractivity (Wildman–Crippen MR) is 76.8 cm³/mol. The molecule has 0 radical (unpaired) electrons. The normalized spacial score (nSPS) is 10.7. The number of anilines is 2. The van der Waals surface area contributed by atoms with Crippen LogP contribution in [0.5, 0.6) is 0 Å². The van der Waals surface area contributed by atoms with Gasteiger partial charge >= 0.3 is 5.69 Å². The van der Waals surface area contributed by atoms with Gasteiger partial charge in [-0.3, -0.25) is 14.3 Å². The fourth-order valence-corrected chi connectivity index (χ4v) is 2.48. The Hall–Kier alpha value is -2.09. The van der Waals surface area contributed by atoms with Crippen LogP contribution in [0.4, 0.5) is 10.9 Å². The number of hydrogen-bond acceptors (Lipinski definition) is 6. The molecule has 2 rings (SSSR count). The molecule has 19 heavy (non-hydrogen) atoms. The second kappa shape index (κ2) is 4.88. The van der Waals surface area contributed by atoms with Crippen molar-refractivity contribution in [1.29, 1.82) is 0 Å². The molecule has 0 aliphatic carbocycles. The maximum Gasteiger partial charge on any atom is 0.329 e. The summed E-state index contributed by atoms with van der Waals surface area (Å²) >= 11 is 1.41. The molecule has 0 aromatic carbocycles. The maximum absolute atomic E-state index is 11.9. The third kappa shape index (κ3) is 2.26. The van der Waals surface area contributed by atoms with Crippen LogP contribution < -0.4 is 21.9 Å². The highest BCUT2D eigenvalue weighted by molar-refractivity contribution is 7.14. The van der Waals surface area contributed by atoms with Crippen LogP contribution in [0.3, 0.4) is 0 Å². The van der Waals surface area contributed by atoms with Crippen molar-refractivity contribution in [2.24, 2.45) is 0 Å². The summed E-state index contributed by atoms with van der Waals surface area (Å²) in [6, 6.07) is 0. The molecule has 0 fully saturated rings. The molecule has 2 aromatic heterocycles. The molecule has 0 spiro atoms. The molecule has 0 bridgehead atoms. The van der Waals surface area contributed by atoms with Gasteiger partial charge in [-0.05, 0) is 6.92 Å². The van der Waals surface area contributed by atoms with E-state index in [0.717, 1.165) is 5.13 Å². The van der Waals surface area contributed by atoms with Crippen molar-refractivity contribution in [2.75, 3.05) is 24.7 Å². The number of hydrogen-bond donors (Lipinski definition) is 2. The van der Waals surface area contributed by atoms with E-state index in [2.05, 4.69) is 9.97 Å². The first-order valence-electron chi connectivity index (χ1n) is 5.71. The molecule has 7 nitrogen and oxygen atoms in total. The number of H-pyrrole nitrogens is 1. The fraction of sp³-hybridized carbons (Fsp3) is 0.364. The van der Waals surface area contributed by atoms with Crippen molar-refractivity contribution < 1.29 is 0 Å². The van der Waals surface area contributed by atoms with E-state index < -0.39 is 11.2 Å². The van der Waals surface area contributed by atoms with Crippen LogP contribution in [0.2, 0.25) is 0 Å². The summed E-state index contributed by atoms with van der Waals surface area (Å²) in [5, 5.41) is 2.52. The molecular formula is C11H15N5O2S. The Morgan fingerprint density at radius 3 is 2.68 bits per heavy atom. The number of aromatic amines is 1. The molecule has 0 amide bonds. The van der Waals surface area contributed by atoms with Crippen LogP contribution in [0, 0.1) is 0 Å². The van der Waals surface area contributed by atoms with Crippen molar-refractivity contribution in [3.8, 4) is 11.3 Å². The molecule has 3 N–H and O–H groups in total. The van der Waals surface area contributed by atoms with Gasteiger partial charge in [-0.1, -0.05) is 0 Å². The smallest absolute Gasteiger partial charge is 0.329 e. The minimum absolute atomic E-state index is 0.145. The third-order valence-electron chi connectivity index (χ3n) is 2.69. The van der Waals surface area contributed by atoms with Crippen molar-refractivity contribution in [1.82, 2.24) is 14.5 Å². The average molecular weight is 281 g/mol. The second-order valence-electron chi connectivity index (χ2n) is 4.17. The van der Waals surface area contributed by atoms with Crippen molar-refractivity contribution in [3.05, 3.63) is 26.2 Å². The fourth-order valence-electron chi connectivity index (χ4n) is 1.73. The first kappa shape index (κ1) is 13.3. The maximum atomic E-state index is 11.9. The molecule has 0 saturated carbocycles. The highest BCUT2D eigenvalue weighted by Gasteiger charge is 2.16. The lowest BCUT2D eigenvalue weighted by Gasteiger charge is -2.09. The minimum atomic E-state index is -0.511. The lowest BCUT2D eigenvalue weighted by molar-refractivity contribution is 0.706. The SMILES string of the molecule is CCn1c(N)c(-c2csc(N(C)C)n2)c(=O)[nH]c1=O. The van der Waals surface area contributed by atoms with Crippen LogP contribution in [0.25, 0.3) is 11.3 Å². The van der Waals surface area contributed by atoms with Crippen LogP contribution >= 0.6 is 11.3 Å². The molecule has 2 heterocycles. The predicted octanol–water partition coefficient (Wildman–Crippen LogP) is 0.328. The zero-order valence-corrected chi connectivity index (χ0v) is 11.7. The Morgan fingerprint density at radius 1 is 1.47 bits per heavy atom. The molecular weight excluding hydrogens is 266 g/mol. The minimum Gasteiger partial charge on any atom is -0.384 e. The van der Waals surface area contributed by atoms with E-state index >= 15 is 0 Å². The Balaban J connectivity index is 2.68. The summed E-state index contributed by atoms with van der Waals surface area (Å²) in [6.45, 7) is 2.17. The van der Waals surface area contributed by atoms with Gasteiger partial charge in [0, 0.05) is 26.0 Å². The van der Waals surface area contributed by atoms with E-state index in [-0.39, 0.29) is 11.4 Å². The van der Waals surface area contributed by atoms with Crippen LogP contribution in [-0.2, 0) is 6.54 Å². The lowest BCUT2D eigenvalue weighted by atomic mass is 10.2. The van der Waals surface area contributed by atoms with Gasteiger partial charge in [0.2, 0.25) is 0 Å². The Kier molecular flexibility index (Phi) is 3.43. The van der Waals surface area contributed by atoms with Gasteiger partial charge < -0.3 is 10.6 Å². The van der Waals surface area contributed by atoms with Gasteiger partial charge in [-0.15, -0.1) is 11.3 Å². The monoisotopic (exact) mass is 281 g/mol. The van der Waals surface area contributed by atoms with Crippen LogP contribution in [0.15, 0.2) is 15.0 Å². The van der Waals surface area contributed by atoms with E-state index in [0.29, 0.717) is 12.2 Å². The van der Waals surface area contributed by atoms with E-state index in [9.17, 15) is 9.59 Å². The standard InChI is InChI=1S/C11H15N5O2S/c1-4-16-8(12)7(9(17)14-10(16)18)6-5-19-11(13-6)15(2)3/h5H,4,12H2,1-3H3,(H,14,17,18). The van der Waals surface area contributed by atoms with Crippen molar-refractivity contribution in [3.63, 3.8) is 0 Å². The first-order chi connectivity index (χ1) is 8.95. The molecule has 2 aromatic rings. The summed E-state index contributed by atoms with van der Waals surface area (Å²) in [5.41, 5.74) is 5.62. The zero-order valence-electron chi connectivity index (χ0n) is 10.9. The Bertz CT molecular complexity index is 713. The van der Waals surface area contributed by atoms with Crippen LogP contribution in [0.1, 0.15) is 6.92 Å². The first-order valence-corrected chi connectivity index (χ1v) is 6.59. The third-order valence-corrected chi connectivity index (χ3v) is 3.69. The van der Waals surface area contributed by atoms with Gasteiger partial charge in [0.05, 0.1) is 5.69 Å². The van der Waals surface area contributed by atoms with Gasteiger partial charge in [-0.25, -0.2) is 9.78 Å². The molecule has 0 aliphatic heterocycles. The lowest BCUT2D eigenvalue weighted by Crippen LogP contribution is -2.33. The van der Waals surface area contributed by atoms with E-state index in [4.69, 9.17) is 5.73 Å². The topological polar surface area (TPSA) is 97.0 Å². The zero-order chi connectivity index (χ0) is 14.2. The average Bonchev–Trinajstić information content (AvgIpc) is 2.78. The Labute approximate surface area is 113 Å². The largest absolute Gasteiger partial charge is 0.384 e. The quantitative estimate of drug-likeness (QED) is 0.845. The number of nitrogens with one attached hydrogen (secondary N) is 1. The number of aromatic nitrogens is 3. The number of nitrogen functional groups attached to an aromatic ring is 1. The highest BCUT2D eigenvalue weighted by Crippen LogP contribution is 2.26. The Morgan fingerprint density at radius 2 is 2.16 bits per heavy atom. The summed E-state index contributed by atoms with van der Waals surface area (Å²) in [4.78, 5) is 31.9. The summed E-state index contributed by atoms with van der Waals surface area (Å²) in [5.74, 6) is 0.145. The number of nitrogens with zero attached hydrogens (tertiary/aromatic N) is 3. The molecule has 0 atom stereocenters. The number of nitrogens with two attached hydrogens (primary N) is 1. The van der Waals surface area contributed by atoms with Gasteiger partial charge in [0.25, 0.3) is 5.56 Å². The number of thiazole rings is 1. The van der Waals surface area contributed by atoms with Gasteiger partial charge in [0.15, 0.2) is 5.13 Å². The molecule has 0 unspecified atom stereocenters.